The van der Waals surface area contributed by atoms with Crippen LogP contribution in [0.2, 0.25) is 0 Å². The molecule has 0 saturated heterocycles. The molecule has 0 saturated carbocycles. The average molecular weight is 554 g/mol. The quantitative estimate of drug-likeness (QED) is 0.224. The summed E-state index contributed by atoms with van der Waals surface area (Å²) in [6.45, 7) is 0. The van der Waals surface area contributed by atoms with Crippen molar-refractivity contribution in [2.75, 3.05) is 12.5 Å². The van der Waals surface area contributed by atoms with Crippen molar-refractivity contribution in [2.24, 2.45) is 0 Å². The summed E-state index contributed by atoms with van der Waals surface area (Å²) in [6, 6.07) is 12.4. The number of sulfone groups is 1. The lowest BCUT2D eigenvalue weighted by atomic mass is 10.1. The molecule has 3 aromatic rings. The van der Waals surface area contributed by atoms with E-state index in [4.69, 9.17) is 0 Å². The van der Waals surface area contributed by atoms with Gasteiger partial charge in [0.1, 0.15) is 0 Å². The molecule has 0 aromatic heterocycles. The molecular formula is C23H19F6O3S3+. The van der Waals surface area contributed by atoms with Gasteiger partial charge in [-0.2, -0.15) is 26.3 Å². The van der Waals surface area contributed by atoms with Gasteiger partial charge in [0, 0.05) is 41.7 Å². The molecule has 3 nitrogen and oxygen atoms in total. The molecule has 188 valence electrons. The van der Waals surface area contributed by atoms with Crippen molar-refractivity contribution in [2.45, 2.75) is 36.8 Å². The van der Waals surface area contributed by atoms with Crippen molar-refractivity contribution in [3.63, 3.8) is 0 Å². The highest BCUT2D eigenvalue weighted by Crippen LogP contribution is 2.41. The van der Waals surface area contributed by atoms with Gasteiger partial charge in [-0.15, -0.1) is 0 Å². The van der Waals surface area contributed by atoms with Crippen LogP contribution in [0.3, 0.4) is 0 Å². The maximum absolute atomic E-state index is 13.6. The van der Waals surface area contributed by atoms with E-state index in [1.165, 1.54) is 54.8 Å². The van der Waals surface area contributed by atoms with Gasteiger partial charge in [-0.1, -0.05) is 12.1 Å². The van der Waals surface area contributed by atoms with Crippen LogP contribution in [0.1, 0.15) is 11.1 Å². The molecular weight excluding hydrogens is 534 g/mol. The number of hydrogen-bond donors (Lipinski definition) is 0. The van der Waals surface area contributed by atoms with Gasteiger partial charge in [0.15, 0.2) is 24.5 Å². The molecule has 0 N–H and O–H groups in total. The second-order valence-corrected chi connectivity index (χ2v) is 14.3. The molecule has 0 aliphatic carbocycles. The Morgan fingerprint density at radius 3 is 1.49 bits per heavy atom. The topological polar surface area (TPSA) is 51.2 Å². The number of rotatable bonds is 5. The predicted molar refractivity (Wildman–Crippen MR) is 124 cm³/mol. The molecule has 0 bridgehead atoms. The van der Waals surface area contributed by atoms with E-state index in [2.05, 4.69) is 5.87 Å². The summed E-state index contributed by atoms with van der Waals surface area (Å²) in [5, 5.41) is 0. The first-order chi connectivity index (χ1) is 15.9. The van der Waals surface area contributed by atoms with Crippen LogP contribution in [-0.4, -0.2) is 31.0 Å². The standard InChI is InChI=1S/C23H19F6O3S3/c1-34(2,30)20-8-4-6-17(13-20)33(18-7-5-9-21(14-18)35(3,31)32)19-11-15(22(24,25)26)10-16(12-19)23(27,28)29/h4-14H,1H2,2-3H3/q+1. The van der Waals surface area contributed by atoms with E-state index in [1.54, 1.807) is 0 Å². The smallest absolute Gasteiger partial charge is 0.263 e. The molecule has 12 heteroatoms. The zero-order chi connectivity index (χ0) is 26.4. The minimum atomic E-state index is -5.06. The molecule has 3 rings (SSSR count). The Kier molecular flexibility index (Phi) is 7.15. The van der Waals surface area contributed by atoms with Gasteiger partial charge >= 0.3 is 12.4 Å². The Bertz CT molecular complexity index is 1370. The Hall–Kier alpha value is -2.44. The van der Waals surface area contributed by atoms with Crippen molar-refractivity contribution in [3.8, 4) is 0 Å². The molecule has 0 aliphatic heterocycles. The third-order valence-electron chi connectivity index (χ3n) is 4.81. The van der Waals surface area contributed by atoms with Gasteiger partial charge in [-0.3, -0.25) is 4.21 Å². The van der Waals surface area contributed by atoms with Gasteiger partial charge in [-0.05, 0) is 45.7 Å². The zero-order valence-electron chi connectivity index (χ0n) is 18.3. The number of halogens is 6. The minimum Gasteiger partial charge on any atom is -0.263 e. The second-order valence-electron chi connectivity index (χ2n) is 7.77. The number of hydrogen-bond acceptors (Lipinski definition) is 3. The Balaban J connectivity index is 2.41. The molecule has 0 heterocycles. The number of alkyl halides is 6. The summed E-state index contributed by atoms with van der Waals surface area (Å²) in [5.74, 6) is 3.58. The summed E-state index contributed by atoms with van der Waals surface area (Å²) in [4.78, 5) is 0.183. The summed E-state index contributed by atoms with van der Waals surface area (Å²) in [5.41, 5.74) is -2.99. The molecule has 0 amide bonds. The highest BCUT2D eigenvalue weighted by molar-refractivity contribution is 8.00. The summed E-state index contributed by atoms with van der Waals surface area (Å²) in [6.07, 6.45) is -7.84. The van der Waals surface area contributed by atoms with E-state index >= 15 is 0 Å². The third kappa shape index (κ3) is 6.42. The first-order valence-corrected chi connectivity index (χ1v) is 14.9. The molecule has 0 aliphatic rings. The van der Waals surface area contributed by atoms with Crippen LogP contribution >= 0.6 is 0 Å². The lowest BCUT2D eigenvalue weighted by Gasteiger charge is -2.15. The van der Waals surface area contributed by atoms with E-state index in [1.807, 2.05) is 0 Å². The van der Waals surface area contributed by atoms with Gasteiger partial charge in [0.05, 0.1) is 26.9 Å². The van der Waals surface area contributed by atoms with Gasteiger partial charge in [0.2, 0.25) is 0 Å². The average Bonchev–Trinajstić information content (AvgIpc) is 2.72. The van der Waals surface area contributed by atoms with E-state index < -0.39 is 53.7 Å². The van der Waals surface area contributed by atoms with Crippen LogP contribution in [0, 0.1) is 0 Å². The van der Waals surface area contributed by atoms with E-state index in [0.717, 1.165) is 6.26 Å². The fraction of sp³-hybridized carbons (Fsp3) is 0.174. The third-order valence-corrected chi connectivity index (χ3v) is 9.33. The van der Waals surface area contributed by atoms with Crippen LogP contribution in [0.4, 0.5) is 26.3 Å². The Labute approximate surface area is 202 Å². The maximum atomic E-state index is 13.6. The van der Waals surface area contributed by atoms with Crippen LogP contribution in [0.25, 0.3) is 0 Å². The number of benzene rings is 3. The monoisotopic (exact) mass is 553 g/mol. The Morgan fingerprint density at radius 2 is 1.09 bits per heavy atom. The molecule has 3 aromatic carbocycles. The van der Waals surface area contributed by atoms with Gasteiger partial charge < -0.3 is 0 Å². The van der Waals surface area contributed by atoms with Gasteiger partial charge in [-0.25, -0.2) is 8.42 Å². The van der Waals surface area contributed by atoms with Crippen molar-refractivity contribution in [1.29, 1.82) is 0 Å². The fourth-order valence-corrected chi connectivity index (χ4v) is 6.94. The molecule has 0 radical (unpaired) electrons. The van der Waals surface area contributed by atoms with Crippen LogP contribution in [0.15, 0.2) is 91.2 Å². The van der Waals surface area contributed by atoms with Crippen LogP contribution in [-0.2, 0) is 42.6 Å². The second kappa shape index (κ2) is 9.21. The van der Waals surface area contributed by atoms with Crippen LogP contribution in [0.5, 0.6) is 0 Å². The minimum absolute atomic E-state index is 0.0310. The first kappa shape index (κ1) is 27.2. The highest BCUT2D eigenvalue weighted by Gasteiger charge is 2.41. The van der Waals surface area contributed by atoms with Crippen molar-refractivity contribution >= 4 is 36.1 Å². The molecule has 0 spiro atoms. The highest BCUT2D eigenvalue weighted by atomic mass is 32.2. The maximum Gasteiger partial charge on any atom is 0.416 e. The van der Waals surface area contributed by atoms with Crippen molar-refractivity contribution in [3.05, 3.63) is 77.9 Å². The summed E-state index contributed by atoms with van der Waals surface area (Å²) in [7, 11) is -8.11. The van der Waals surface area contributed by atoms with E-state index in [9.17, 15) is 39.0 Å². The fourth-order valence-electron chi connectivity index (χ4n) is 3.15. The normalized spacial score (nSPS) is 15.4. The molecule has 2 atom stereocenters. The molecule has 2 unspecified atom stereocenters. The largest absolute Gasteiger partial charge is 0.416 e. The predicted octanol–water partition coefficient (Wildman–Crippen LogP) is 5.93. The molecule has 0 fully saturated rings. The first-order valence-electron chi connectivity index (χ1n) is 9.63. The lowest BCUT2D eigenvalue weighted by Crippen LogP contribution is -2.14. The Morgan fingerprint density at radius 1 is 0.657 bits per heavy atom. The van der Waals surface area contributed by atoms with Crippen LogP contribution < -0.4 is 0 Å². The summed E-state index contributed by atoms with van der Waals surface area (Å²) >= 11 is 0. The van der Waals surface area contributed by atoms with Gasteiger partial charge in [0.25, 0.3) is 0 Å². The lowest BCUT2D eigenvalue weighted by molar-refractivity contribution is -0.143. The SMILES string of the molecule is C=S(C)(=O)c1cccc([S+](c2cc(C(F)(F)F)cc(C(F)(F)F)c2)c2cccc(S(C)(=O)=O)c2)c1. The van der Waals surface area contributed by atoms with E-state index in [0.29, 0.717) is 12.1 Å². The van der Waals surface area contributed by atoms with Crippen molar-refractivity contribution in [1.82, 2.24) is 0 Å². The van der Waals surface area contributed by atoms with Crippen molar-refractivity contribution < 1.29 is 39.0 Å². The van der Waals surface area contributed by atoms with E-state index in [-0.39, 0.29) is 30.5 Å². The molecule has 35 heavy (non-hydrogen) atoms. The zero-order valence-corrected chi connectivity index (χ0v) is 20.7. The summed E-state index contributed by atoms with van der Waals surface area (Å²) < 4.78 is 118.